The smallest absolute Gasteiger partial charge is 0.315 e. The molecule has 4 aromatic rings. The maximum Gasteiger partial charge on any atom is 0.315 e. The molecule has 1 fully saturated rings. The van der Waals surface area contributed by atoms with Crippen molar-refractivity contribution in [1.82, 2.24) is 19.7 Å². The van der Waals surface area contributed by atoms with Gasteiger partial charge in [0.1, 0.15) is 5.82 Å². The van der Waals surface area contributed by atoms with Crippen LogP contribution in [0, 0.1) is 6.92 Å². The molecule has 168 valence electrons. The van der Waals surface area contributed by atoms with Gasteiger partial charge in [0.05, 0.1) is 17.4 Å². The molecule has 0 spiro atoms. The van der Waals surface area contributed by atoms with Crippen LogP contribution in [0.15, 0.2) is 66.9 Å². The lowest BCUT2D eigenvalue weighted by Crippen LogP contribution is -2.30. The van der Waals surface area contributed by atoms with Crippen LogP contribution in [0.4, 0.5) is 11.5 Å². The SMILES string of the molecule is Cc1cc(NC(=O)C(=O)Nc2cccc3[nH]ccc23)n(C2CCN(Cc3ccccc3)C2)n1. The third-order valence-corrected chi connectivity index (χ3v) is 5.99. The highest BCUT2D eigenvalue weighted by Gasteiger charge is 2.27. The summed E-state index contributed by atoms with van der Waals surface area (Å²) in [4.78, 5) is 30.8. The maximum absolute atomic E-state index is 12.7. The van der Waals surface area contributed by atoms with E-state index in [1.165, 1.54) is 5.56 Å². The molecule has 3 N–H and O–H groups in total. The van der Waals surface area contributed by atoms with Crippen LogP contribution in [0.2, 0.25) is 0 Å². The molecule has 0 saturated carbocycles. The molecule has 8 nitrogen and oxygen atoms in total. The number of rotatable bonds is 5. The quantitative estimate of drug-likeness (QED) is 0.411. The van der Waals surface area contributed by atoms with Crippen molar-refractivity contribution in [3.63, 3.8) is 0 Å². The Morgan fingerprint density at radius 1 is 1.06 bits per heavy atom. The standard InChI is InChI=1S/C25H26N6O2/c1-17-14-23(28-25(33)24(32)27-22-9-5-8-21-20(22)10-12-26-21)31(29-17)19-11-13-30(16-19)15-18-6-3-2-4-7-18/h2-10,12,14,19,26H,11,13,15-16H2,1H3,(H,27,32)(H,28,33). The maximum atomic E-state index is 12.7. The molecule has 0 aliphatic carbocycles. The highest BCUT2D eigenvalue weighted by atomic mass is 16.2. The van der Waals surface area contributed by atoms with Crippen molar-refractivity contribution in [2.24, 2.45) is 0 Å². The average molecular weight is 443 g/mol. The lowest BCUT2D eigenvalue weighted by atomic mass is 10.2. The number of aromatic amines is 1. The molecule has 1 aliphatic rings. The van der Waals surface area contributed by atoms with E-state index in [1.807, 2.05) is 35.9 Å². The fourth-order valence-electron chi connectivity index (χ4n) is 4.43. The molecular formula is C25H26N6O2. The molecule has 1 unspecified atom stereocenters. The van der Waals surface area contributed by atoms with Gasteiger partial charge in [-0.2, -0.15) is 5.10 Å². The van der Waals surface area contributed by atoms with Gasteiger partial charge >= 0.3 is 11.8 Å². The fraction of sp³-hybridized carbons (Fsp3) is 0.240. The van der Waals surface area contributed by atoms with E-state index in [9.17, 15) is 9.59 Å². The van der Waals surface area contributed by atoms with Crippen molar-refractivity contribution in [3.8, 4) is 0 Å². The van der Waals surface area contributed by atoms with Crippen LogP contribution in [0.5, 0.6) is 0 Å². The van der Waals surface area contributed by atoms with Gasteiger partial charge in [0.25, 0.3) is 0 Å². The highest BCUT2D eigenvalue weighted by molar-refractivity contribution is 6.44. The zero-order valence-electron chi connectivity index (χ0n) is 18.4. The Labute approximate surface area is 191 Å². The molecule has 0 radical (unpaired) electrons. The van der Waals surface area contributed by atoms with Crippen molar-refractivity contribution in [2.45, 2.75) is 25.9 Å². The number of carbonyl (C=O) groups is 2. The van der Waals surface area contributed by atoms with Crippen molar-refractivity contribution >= 4 is 34.2 Å². The van der Waals surface area contributed by atoms with Crippen molar-refractivity contribution in [1.29, 1.82) is 0 Å². The van der Waals surface area contributed by atoms with Crippen molar-refractivity contribution < 1.29 is 9.59 Å². The molecule has 1 aliphatic heterocycles. The summed E-state index contributed by atoms with van der Waals surface area (Å²) >= 11 is 0. The first-order valence-corrected chi connectivity index (χ1v) is 11.1. The molecule has 8 heteroatoms. The number of benzene rings is 2. The molecule has 33 heavy (non-hydrogen) atoms. The van der Waals surface area contributed by atoms with Crippen LogP contribution in [-0.4, -0.2) is 44.6 Å². The number of amides is 2. The summed E-state index contributed by atoms with van der Waals surface area (Å²) in [6.07, 6.45) is 2.73. The van der Waals surface area contributed by atoms with Crippen LogP contribution < -0.4 is 10.6 Å². The van der Waals surface area contributed by atoms with Crippen LogP contribution >= 0.6 is 0 Å². The molecule has 1 saturated heterocycles. The molecule has 2 aromatic carbocycles. The van der Waals surface area contributed by atoms with E-state index in [0.29, 0.717) is 11.5 Å². The monoisotopic (exact) mass is 442 g/mol. The number of aromatic nitrogens is 3. The van der Waals surface area contributed by atoms with E-state index in [0.717, 1.165) is 42.7 Å². The Morgan fingerprint density at radius 3 is 2.73 bits per heavy atom. The zero-order chi connectivity index (χ0) is 22.8. The molecular weight excluding hydrogens is 416 g/mol. The third kappa shape index (κ3) is 4.51. The number of likely N-dealkylation sites (tertiary alicyclic amines) is 1. The molecule has 1 atom stereocenters. The van der Waals surface area contributed by atoms with Crippen molar-refractivity contribution in [3.05, 3.63) is 78.1 Å². The lowest BCUT2D eigenvalue weighted by Gasteiger charge is -2.18. The number of carbonyl (C=O) groups excluding carboxylic acids is 2. The van der Waals surface area contributed by atoms with Crippen LogP contribution in [0.25, 0.3) is 10.9 Å². The van der Waals surface area contributed by atoms with E-state index in [2.05, 4.69) is 49.9 Å². The second-order valence-electron chi connectivity index (χ2n) is 8.43. The van der Waals surface area contributed by atoms with Crippen LogP contribution in [-0.2, 0) is 16.1 Å². The van der Waals surface area contributed by atoms with Gasteiger partial charge in [0, 0.05) is 42.8 Å². The Balaban J connectivity index is 1.25. The third-order valence-electron chi connectivity index (χ3n) is 5.99. The minimum absolute atomic E-state index is 0.134. The van der Waals surface area contributed by atoms with Crippen LogP contribution in [0.1, 0.15) is 23.7 Å². The highest BCUT2D eigenvalue weighted by Crippen LogP contribution is 2.27. The van der Waals surface area contributed by atoms with Gasteiger partial charge in [-0.1, -0.05) is 36.4 Å². The fourth-order valence-corrected chi connectivity index (χ4v) is 4.43. The molecule has 2 amide bonds. The number of nitrogens with zero attached hydrogens (tertiary/aromatic N) is 3. The normalized spacial score (nSPS) is 16.2. The Hall–Kier alpha value is -3.91. The summed E-state index contributed by atoms with van der Waals surface area (Å²) in [5.41, 5.74) is 3.55. The molecule has 5 rings (SSSR count). The number of H-pyrrole nitrogens is 1. The molecule has 3 heterocycles. The summed E-state index contributed by atoms with van der Waals surface area (Å²) < 4.78 is 1.85. The number of nitrogens with one attached hydrogen (secondary N) is 3. The minimum atomic E-state index is -0.720. The number of hydrogen-bond acceptors (Lipinski definition) is 4. The van der Waals surface area contributed by atoms with E-state index in [1.54, 1.807) is 18.3 Å². The predicted molar refractivity (Wildman–Crippen MR) is 128 cm³/mol. The Bertz CT molecular complexity index is 1290. The van der Waals surface area contributed by atoms with E-state index < -0.39 is 11.8 Å². The van der Waals surface area contributed by atoms with E-state index in [4.69, 9.17) is 0 Å². The molecule has 0 bridgehead atoms. The number of hydrogen-bond donors (Lipinski definition) is 3. The van der Waals surface area contributed by atoms with Gasteiger partial charge < -0.3 is 15.6 Å². The topological polar surface area (TPSA) is 95.1 Å². The zero-order valence-corrected chi connectivity index (χ0v) is 18.4. The summed E-state index contributed by atoms with van der Waals surface area (Å²) in [5, 5.41) is 10.9. The van der Waals surface area contributed by atoms with Gasteiger partial charge in [-0.15, -0.1) is 0 Å². The first-order chi connectivity index (χ1) is 16.1. The van der Waals surface area contributed by atoms with E-state index >= 15 is 0 Å². The Morgan fingerprint density at radius 2 is 1.88 bits per heavy atom. The first-order valence-electron chi connectivity index (χ1n) is 11.1. The first kappa shape index (κ1) is 21.0. The number of anilines is 2. The summed E-state index contributed by atoms with van der Waals surface area (Å²) in [5.74, 6) is -0.895. The predicted octanol–water partition coefficient (Wildman–Crippen LogP) is 3.70. The minimum Gasteiger partial charge on any atom is -0.361 e. The second-order valence-corrected chi connectivity index (χ2v) is 8.43. The lowest BCUT2D eigenvalue weighted by molar-refractivity contribution is -0.133. The average Bonchev–Trinajstić information content (AvgIpc) is 3.55. The largest absolute Gasteiger partial charge is 0.361 e. The van der Waals surface area contributed by atoms with Gasteiger partial charge in [0.2, 0.25) is 0 Å². The summed E-state index contributed by atoms with van der Waals surface area (Å²) in [6.45, 7) is 4.55. The summed E-state index contributed by atoms with van der Waals surface area (Å²) in [6, 6.07) is 19.7. The van der Waals surface area contributed by atoms with Gasteiger partial charge in [-0.3, -0.25) is 14.5 Å². The number of aryl methyl sites for hydroxylation is 1. The second kappa shape index (κ2) is 8.91. The van der Waals surface area contributed by atoms with Gasteiger partial charge in [-0.05, 0) is 37.1 Å². The van der Waals surface area contributed by atoms with Crippen LogP contribution in [0.3, 0.4) is 0 Å². The van der Waals surface area contributed by atoms with Crippen molar-refractivity contribution in [2.75, 3.05) is 23.7 Å². The number of fused-ring (bicyclic) bond motifs is 1. The van der Waals surface area contributed by atoms with Gasteiger partial charge in [-0.25, -0.2) is 4.68 Å². The Kier molecular flexibility index (Phi) is 5.66. The van der Waals surface area contributed by atoms with E-state index in [-0.39, 0.29) is 6.04 Å². The molecule has 2 aromatic heterocycles. The van der Waals surface area contributed by atoms with Gasteiger partial charge in [0.15, 0.2) is 0 Å². The summed E-state index contributed by atoms with van der Waals surface area (Å²) in [7, 11) is 0.